The number of piperazine rings is 1. The largest absolute Gasteiger partial charge is 0.508 e. The number of nitrogens with zero attached hydrogens (tertiary/aromatic N) is 3. The molecule has 4 rings (SSSR count). The molecule has 0 aromatic heterocycles. The van der Waals surface area contributed by atoms with Crippen molar-refractivity contribution in [2.45, 2.75) is 52.4 Å². The molecule has 5 nitrogen and oxygen atoms in total. The van der Waals surface area contributed by atoms with Gasteiger partial charge in [-0.2, -0.15) is 0 Å². The molecule has 3 unspecified atom stereocenters. The molecule has 6 heteroatoms. The van der Waals surface area contributed by atoms with E-state index >= 15 is 0 Å². The maximum Gasteiger partial charge on any atom is 0.253 e. The molecule has 37 heavy (non-hydrogen) atoms. The van der Waals surface area contributed by atoms with Gasteiger partial charge in [0.05, 0.1) is 6.04 Å². The van der Waals surface area contributed by atoms with Crippen LogP contribution in [-0.2, 0) is 6.54 Å². The van der Waals surface area contributed by atoms with Gasteiger partial charge in [0.15, 0.2) is 0 Å². The Balaban J connectivity index is 1.60. The molecule has 1 saturated heterocycles. The highest BCUT2D eigenvalue weighted by Gasteiger charge is 2.35. The number of carbonyl (C=O) groups is 1. The van der Waals surface area contributed by atoms with E-state index in [-0.39, 0.29) is 35.6 Å². The number of hydrogen-bond donors (Lipinski definition) is 1. The molecule has 0 bridgehead atoms. The summed E-state index contributed by atoms with van der Waals surface area (Å²) in [5, 5.41) is 10.3. The summed E-state index contributed by atoms with van der Waals surface area (Å²) < 4.78 is 13.4. The van der Waals surface area contributed by atoms with E-state index < -0.39 is 0 Å². The number of benzene rings is 3. The highest BCUT2D eigenvalue weighted by Crippen LogP contribution is 2.35. The molecule has 0 saturated carbocycles. The van der Waals surface area contributed by atoms with Crippen molar-refractivity contribution in [1.82, 2.24) is 14.7 Å². The van der Waals surface area contributed by atoms with Crippen molar-refractivity contribution >= 4 is 5.91 Å². The van der Waals surface area contributed by atoms with E-state index in [1.54, 1.807) is 6.07 Å². The first-order chi connectivity index (χ1) is 17.8. The molecule has 0 spiro atoms. The van der Waals surface area contributed by atoms with E-state index in [0.717, 1.165) is 36.3 Å². The fraction of sp³-hybridized carbons (Fsp3) is 0.387. The van der Waals surface area contributed by atoms with Crippen LogP contribution in [0.25, 0.3) is 0 Å². The number of aromatic hydroxyl groups is 1. The Bertz CT molecular complexity index is 1180. The number of rotatable bonds is 8. The van der Waals surface area contributed by atoms with Gasteiger partial charge in [0, 0.05) is 50.4 Å². The third-order valence-electron chi connectivity index (χ3n) is 7.50. The summed E-state index contributed by atoms with van der Waals surface area (Å²) in [7, 11) is 0. The summed E-state index contributed by atoms with van der Waals surface area (Å²) in [6.07, 6.45) is 0. The Kier molecular flexibility index (Phi) is 8.62. The zero-order valence-corrected chi connectivity index (χ0v) is 22.3. The SMILES string of the molecule is CCN(CC)C(=O)c1ccc(C(c2cccc(O)c2)N2CC(C)N(Cc3ccc(F)cc3)CC2C)cc1. The lowest BCUT2D eigenvalue weighted by Crippen LogP contribution is -2.56. The molecule has 1 aliphatic rings. The van der Waals surface area contributed by atoms with Crippen LogP contribution in [0.3, 0.4) is 0 Å². The number of hydrogen-bond acceptors (Lipinski definition) is 4. The standard InChI is InChI=1S/C31H38FN3O2/c1-5-33(6-2)31(37)26-14-12-25(13-15-26)30(27-8-7-9-29(36)18-27)35-20-22(3)34(19-23(35)4)21-24-10-16-28(32)17-11-24/h7-18,22-23,30,36H,5-6,19-21H2,1-4H3. The molecule has 196 valence electrons. The molecule has 0 aliphatic carbocycles. The van der Waals surface area contributed by atoms with Crippen LogP contribution in [0.15, 0.2) is 72.8 Å². The number of phenols is 1. The van der Waals surface area contributed by atoms with Gasteiger partial charge in [-0.25, -0.2) is 4.39 Å². The number of amides is 1. The van der Waals surface area contributed by atoms with Gasteiger partial charge in [0.25, 0.3) is 5.91 Å². The second-order valence-corrected chi connectivity index (χ2v) is 10.0. The molecule has 3 aromatic carbocycles. The van der Waals surface area contributed by atoms with Crippen molar-refractivity contribution in [2.75, 3.05) is 26.2 Å². The highest BCUT2D eigenvalue weighted by molar-refractivity contribution is 5.94. The van der Waals surface area contributed by atoms with Crippen LogP contribution in [0.4, 0.5) is 4.39 Å². The monoisotopic (exact) mass is 503 g/mol. The first-order valence-electron chi connectivity index (χ1n) is 13.2. The van der Waals surface area contributed by atoms with Crippen LogP contribution in [-0.4, -0.2) is 64.0 Å². The minimum absolute atomic E-state index is 0.0434. The summed E-state index contributed by atoms with van der Waals surface area (Å²) in [6, 6.07) is 22.6. The van der Waals surface area contributed by atoms with Gasteiger partial charge in [-0.15, -0.1) is 0 Å². The smallest absolute Gasteiger partial charge is 0.253 e. The minimum atomic E-state index is -0.214. The van der Waals surface area contributed by atoms with E-state index in [1.165, 1.54) is 12.1 Å². The zero-order valence-electron chi connectivity index (χ0n) is 22.3. The first-order valence-corrected chi connectivity index (χ1v) is 13.2. The summed E-state index contributed by atoms with van der Waals surface area (Å²) in [5.41, 5.74) is 3.90. The lowest BCUT2D eigenvalue weighted by Gasteiger charge is -2.47. The lowest BCUT2D eigenvalue weighted by atomic mass is 9.92. The van der Waals surface area contributed by atoms with E-state index in [4.69, 9.17) is 0 Å². The summed E-state index contributed by atoms with van der Waals surface area (Å²) >= 11 is 0. The number of phenolic OH excluding ortho intramolecular Hbond substituents is 1. The topological polar surface area (TPSA) is 47.0 Å². The Morgan fingerprint density at radius 2 is 1.62 bits per heavy atom. The minimum Gasteiger partial charge on any atom is -0.508 e. The molecular formula is C31H38FN3O2. The third-order valence-corrected chi connectivity index (χ3v) is 7.50. The summed E-state index contributed by atoms with van der Waals surface area (Å²) in [5.74, 6) is 0.0714. The van der Waals surface area contributed by atoms with Crippen molar-refractivity contribution in [3.63, 3.8) is 0 Å². The normalized spacial score (nSPS) is 19.5. The van der Waals surface area contributed by atoms with Gasteiger partial charge >= 0.3 is 0 Å². The predicted octanol–water partition coefficient (Wildman–Crippen LogP) is 5.70. The Hall–Kier alpha value is -3.22. The van der Waals surface area contributed by atoms with Crippen LogP contribution in [0.5, 0.6) is 5.75 Å². The van der Waals surface area contributed by atoms with Crippen molar-refractivity contribution in [2.24, 2.45) is 0 Å². The summed E-state index contributed by atoms with van der Waals surface area (Å²) in [6.45, 7) is 12.3. The van der Waals surface area contributed by atoms with Crippen molar-refractivity contribution in [1.29, 1.82) is 0 Å². The number of halogens is 1. The van der Waals surface area contributed by atoms with E-state index in [1.807, 2.05) is 67.3 Å². The van der Waals surface area contributed by atoms with Crippen molar-refractivity contribution in [3.05, 3.63) is 101 Å². The Morgan fingerprint density at radius 1 is 0.946 bits per heavy atom. The molecule has 1 heterocycles. The van der Waals surface area contributed by atoms with Crippen LogP contribution in [0, 0.1) is 5.82 Å². The molecule has 3 aromatic rings. The van der Waals surface area contributed by atoms with E-state index in [0.29, 0.717) is 18.7 Å². The zero-order chi connectivity index (χ0) is 26.5. The molecular weight excluding hydrogens is 465 g/mol. The maximum atomic E-state index is 13.4. The predicted molar refractivity (Wildman–Crippen MR) is 146 cm³/mol. The fourth-order valence-electron chi connectivity index (χ4n) is 5.40. The van der Waals surface area contributed by atoms with Crippen LogP contribution >= 0.6 is 0 Å². The maximum absolute atomic E-state index is 13.4. The van der Waals surface area contributed by atoms with Crippen molar-refractivity contribution < 1.29 is 14.3 Å². The van der Waals surface area contributed by atoms with Gasteiger partial charge in [-0.1, -0.05) is 36.4 Å². The first kappa shape index (κ1) is 26.8. The van der Waals surface area contributed by atoms with Crippen molar-refractivity contribution in [3.8, 4) is 5.75 Å². The van der Waals surface area contributed by atoms with Crippen LogP contribution in [0.2, 0.25) is 0 Å². The Morgan fingerprint density at radius 3 is 2.24 bits per heavy atom. The van der Waals surface area contributed by atoms with E-state index in [9.17, 15) is 14.3 Å². The molecule has 0 radical (unpaired) electrons. The van der Waals surface area contributed by atoms with Gasteiger partial charge in [-0.3, -0.25) is 14.6 Å². The highest BCUT2D eigenvalue weighted by atomic mass is 19.1. The molecule has 3 atom stereocenters. The lowest BCUT2D eigenvalue weighted by molar-refractivity contribution is 0.0195. The van der Waals surface area contributed by atoms with Gasteiger partial charge < -0.3 is 10.0 Å². The second kappa shape index (κ2) is 11.9. The molecule has 1 N–H and O–H groups in total. The van der Waals surface area contributed by atoms with E-state index in [2.05, 4.69) is 29.7 Å². The molecule has 1 aliphatic heterocycles. The van der Waals surface area contributed by atoms with Gasteiger partial charge in [-0.05, 0) is 80.8 Å². The Labute approximate surface area is 220 Å². The van der Waals surface area contributed by atoms with Crippen LogP contribution < -0.4 is 0 Å². The quantitative estimate of drug-likeness (QED) is 0.429. The number of carbonyl (C=O) groups excluding carboxylic acids is 1. The van der Waals surface area contributed by atoms with Crippen LogP contribution in [0.1, 0.15) is 60.8 Å². The average molecular weight is 504 g/mol. The summed E-state index contributed by atoms with van der Waals surface area (Å²) in [4.78, 5) is 19.6. The average Bonchev–Trinajstić information content (AvgIpc) is 2.89. The fourth-order valence-corrected chi connectivity index (χ4v) is 5.40. The van der Waals surface area contributed by atoms with Gasteiger partial charge in [0.1, 0.15) is 11.6 Å². The second-order valence-electron chi connectivity index (χ2n) is 10.0. The third kappa shape index (κ3) is 6.20. The molecule has 1 amide bonds. The molecule has 1 fully saturated rings. The van der Waals surface area contributed by atoms with Gasteiger partial charge in [0.2, 0.25) is 0 Å².